The van der Waals surface area contributed by atoms with E-state index in [0.717, 1.165) is 12.8 Å². The van der Waals surface area contributed by atoms with Gasteiger partial charge in [0.1, 0.15) is 5.69 Å². The second-order valence-corrected chi connectivity index (χ2v) is 5.62. The average Bonchev–Trinajstić information content (AvgIpc) is 2.94. The van der Waals surface area contributed by atoms with E-state index >= 15 is 0 Å². The van der Waals surface area contributed by atoms with Gasteiger partial charge in [-0.05, 0) is 55.7 Å². The summed E-state index contributed by atoms with van der Waals surface area (Å²) in [7, 11) is 0. The lowest BCUT2D eigenvalue weighted by molar-refractivity contribution is 0.0520. The first-order chi connectivity index (χ1) is 10.3. The van der Waals surface area contributed by atoms with Crippen LogP contribution in [0.25, 0.3) is 0 Å². The molecule has 1 unspecified atom stereocenters. The molecular formula is C18H21NO2. The zero-order valence-electron chi connectivity index (χ0n) is 12.4. The summed E-state index contributed by atoms with van der Waals surface area (Å²) in [5.74, 6) is 0.251. The van der Waals surface area contributed by atoms with Crippen molar-refractivity contribution in [2.75, 3.05) is 6.61 Å². The second kappa shape index (κ2) is 6.17. The first-order valence-corrected chi connectivity index (χ1v) is 7.70. The predicted octanol–water partition coefficient (Wildman–Crippen LogP) is 3.85. The molecule has 1 aromatic heterocycles. The van der Waals surface area contributed by atoms with Crippen LogP contribution in [-0.2, 0) is 17.6 Å². The smallest absolute Gasteiger partial charge is 0.354 e. The van der Waals surface area contributed by atoms with Crippen molar-refractivity contribution < 1.29 is 9.53 Å². The van der Waals surface area contributed by atoms with Gasteiger partial charge in [0, 0.05) is 5.69 Å². The van der Waals surface area contributed by atoms with Crippen LogP contribution >= 0.6 is 0 Å². The van der Waals surface area contributed by atoms with Gasteiger partial charge in [-0.25, -0.2) is 4.79 Å². The maximum Gasteiger partial charge on any atom is 0.354 e. The SMILES string of the molecule is CCOC(=O)c1cc2c([nH]1)CCCC2Cc1ccccc1. The Morgan fingerprint density at radius 1 is 1.33 bits per heavy atom. The molecule has 2 aromatic rings. The van der Waals surface area contributed by atoms with Crippen molar-refractivity contribution in [1.82, 2.24) is 4.98 Å². The summed E-state index contributed by atoms with van der Waals surface area (Å²) in [5.41, 5.74) is 4.47. The van der Waals surface area contributed by atoms with Gasteiger partial charge in [0.2, 0.25) is 0 Å². The molecule has 0 fully saturated rings. The highest BCUT2D eigenvalue weighted by atomic mass is 16.5. The molecule has 21 heavy (non-hydrogen) atoms. The molecule has 1 aliphatic rings. The molecule has 3 heteroatoms. The number of hydrogen-bond acceptors (Lipinski definition) is 2. The van der Waals surface area contributed by atoms with E-state index in [1.54, 1.807) is 0 Å². The summed E-state index contributed by atoms with van der Waals surface area (Å²) in [6.45, 7) is 2.24. The number of esters is 1. The van der Waals surface area contributed by atoms with Gasteiger partial charge in [-0.15, -0.1) is 0 Å². The van der Waals surface area contributed by atoms with Gasteiger partial charge in [0.15, 0.2) is 0 Å². The number of aryl methyl sites for hydroxylation is 1. The fraction of sp³-hybridized carbons (Fsp3) is 0.389. The summed E-state index contributed by atoms with van der Waals surface area (Å²) in [5, 5.41) is 0. The third-order valence-electron chi connectivity index (χ3n) is 4.17. The normalized spacial score (nSPS) is 17.3. The molecule has 0 aliphatic heterocycles. The van der Waals surface area contributed by atoms with Crippen LogP contribution in [0, 0.1) is 0 Å². The molecule has 0 bridgehead atoms. The minimum atomic E-state index is -0.245. The van der Waals surface area contributed by atoms with Crippen LogP contribution in [0.3, 0.4) is 0 Å². The van der Waals surface area contributed by atoms with Crippen molar-refractivity contribution in [2.24, 2.45) is 0 Å². The van der Waals surface area contributed by atoms with Gasteiger partial charge in [-0.1, -0.05) is 30.3 Å². The summed E-state index contributed by atoms with van der Waals surface area (Å²) >= 11 is 0. The Morgan fingerprint density at radius 2 is 2.14 bits per heavy atom. The quantitative estimate of drug-likeness (QED) is 0.866. The van der Waals surface area contributed by atoms with E-state index in [9.17, 15) is 4.79 Å². The third-order valence-corrected chi connectivity index (χ3v) is 4.17. The first-order valence-electron chi connectivity index (χ1n) is 7.70. The van der Waals surface area contributed by atoms with Crippen molar-refractivity contribution in [3.63, 3.8) is 0 Å². The van der Waals surface area contributed by atoms with Crippen molar-refractivity contribution >= 4 is 5.97 Å². The zero-order chi connectivity index (χ0) is 14.7. The number of benzene rings is 1. The molecule has 0 spiro atoms. The molecule has 1 heterocycles. The number of H-pyrrole nitrogens is 1. The Bertz CT molecular complexity index is 615. The monoisotopic (exact) mass is 283 g/mol. The molecule has 110 valence electrons. The van der Waals surface area contributed by atoms with E-state index in [4.69, 9.17) is 4.74 Å². The Kier molecular flexibility index (Phi) is 4.09. The van der Waals surface area contributed by atoms with Crippen LogP contribution in [0.5, 0.6) is 0 Å². The van der Waals surface area contributed by atoms with Crippen LogP contribution in [-0.4, -0.2) is 17.6 Å². The van der Waals surface area contributed by atoms with Gasteiger partial charge < -0.3 is 9.72 Å². The minimum Gasteiger partial charge on any atom is -0.461 e. The molecule has 3 nitrogen and oxygen atoms in total. The van der Waals surface area contributed by atoms with Crippen LogP contribution in [0.1, 0.15) is 53.0 Å². The van der Waals surface area contributed by atoms with Crippen molar-refractivity contribution in [3.8, 4) is 0 Å². The van der Waals surface area contributed by atoms with Crippen LogP contribution in [0.15, 0.2) is 36.4 Å². The van der Waals surface area contributed by atoms with Crippen LogP contribution < -0.4 is 0 Å². The van der Waals surface area contributed by atoms with Gasteiger partial charge >= 0.3 is 5.97 Å². The van der Waals surface area contributed by atoms with E-state index in [0.29, 0.717) is 18.2 Å². The lowest BCUT2D eigenvalue weighted by Crippen LogP contribution is -2.10. The van der Waals surface area contributed by atoms with E-state index in [-0.39, 0.29) is 5.97 Å². The lowest BCUT2D eigenvalue weighted by atomic mass is 9.83. The summed E-state index contributed by atoms with van der Waals surface area (Å²) < 4.78 is 5.09. The summed E-state index contributed by atoms with van der Waals surface area (Å²) in [6, 6.07) is 12.6. The van der Waals surface area contributed by atoms with Crippen molar-refractivity contribution in [3.05, 3.63) is 58.9 Å². The molecule has 0 radical (unpaired) electrons. The molecule has 1 aliphatic carbocycles. The Labute approximate surface area is 125 Å². The van der Waals surface area contributed by atoms with Crippen LogP contribution in [0.2, 0.25) is 0 Å². The Hall–Kier alpha value is -2.03. The minimum absolute atomic E-state index is 0.245. The first kappa shape index (κ1) is 13.9. The Balaban J connectivity index is 1.82. The van der Waals surface area contributed by atoms with Gasteiger partial charge in [-0.3, -0.25) is 0 Å². The molecule has 1 N–H and O–H groups in total. The number of nitrogens with one attached hydrogen (secondary N) is 1. The molecule has 0 amide bonds. The van der Waals surface area contributed by atoms with E-state index < -0.39 is 0 Å². The topological polar surface area (TPSA) is 42.1 Å². The molecule has 1 atom stereocenters. The fourth-order valence-corrected chi connectivity index (χ4v) is 3.19. The summed E-state index contributed by atoms with van der Waals surface area (Å²) in [4.78, 5) is 15.1. The van der Waals surface area contributed by atoms with Crippen molar-refractivity contribution in [2.45, 2.75) is 38.5 Å². The molecule has 0 saturated heterocycles. The van der Waals surface area contributed by atoms with Crippen LogP contribution in [0.4, 0.5) is 0 Å². The number of hydrogen-bond donors (Lipinski definition) is 1. The zero-order valence-corrected chi connectivity index (χ0v) is 12.4. The summed E-state index contributed by atoms with van der Waals surface area (Å²) in [6.07, 6.45) is 4.42. The number of aromatic nitrogens is 1. The van der Waals surface area contributed by atoms with E-state index in [1.807, 2.05) is 19.1 Å². The number of fused-ring (bicyclic) bond motifs is 1. The third kappa shape index (κ3) is 3.02. The second-order valence-electron chi connectivity index (χ2n) is 5.62. The van der Waals surface area contributed by atoms with E-state index in [2.05, 4.69) is 29.2 Å². The number of carbonyl (C=O) groups is 1. The number of rotatable bonds is 4. The highest BCUT2D eigenvalue weighted by Gasteiger charge is 2.24. The van der Waals surface area contributed by atoms with Gasteiger partial charge in [0.05, 0.1) is 6.61 Å². The molecule has 0 saturated carbocycles. The highest BCUT2D eigenvalue weighted by molar-refractivity contribution is 5.88. The average molecular weight is 283 g/mol. The highest BCUT2D eigenvalue weighted by Crippen LogP contribution is 2.34. The maximum atomic E-state index is 11.9. The molecule has 1 aromatic carbocycles. The van der Waals surface area contributed by atoms with Crippen molar-refractivity contribution in [1.29, 1.82) is 0 Å². The fourth-order valence-electron chi connectivity index (χ4n) is 3.19. The maximum absolute atomic E-state index is 11.9. The molecular weight excluding hydrogens is 262 g/mol. The van der Waals surface area contributed by atoms with Gasteiger partial charge in [0.25, 0.3) is 0 Å². The predicted molar refractivity (Wildman–Crippen MR) is 82.6 cm³/mol. The molecule has 3 rings (SSSR count). The van der Waals surface area contributed by atoms with E-state index in [1.165, 1.54) is 29.7 Å². The van der Waals surface area contributed by atoms with Gasteiger partial charge in [-0.2, -0.15) is 0 Å². The standard InChI is InChI=1S/C18H21NO2/c1-2-21-18(20)17-12-15-14(9-6-10-16(15)19-17)11-13-7-4-3-5-8-13/h3-5,7-8,12,14,19H,2,6,9-11H2,1H3. The Morgan fingerprint density at radius 3 is 2.90 bits per heavy atom. The number of ether oxygens (including phenoxy) is 1. The number of aromatic amines is 1. The number of carbonyl (C=O) groups excluding carboxylic acids is 1. The largest absolute Gasteiger partial charge is 0.461 e. The lowest BCUT2D eigenvalue weighted by Gasteiger charge is -2.22.